The van der Waals surface area contributed by atoms with E-state index >= 15 is 0 Å². The Hall–Kier alpha value is -1.38. The molecule has 0 spiro atoms. The molecule has 1 aliphatic heterocycles. The van der Waals surface area contributed by atoms with Crippen LogP contribution in [0.4, 0.5) is 4.79 Å². The van der Waals surface area contributed by atoms with Crippen LogP contribution in [0.15, 0.2) is 0 Å². The molecule has 1 fully saturated rings. The highest BCUT2D eigenvalue weighted by molar-refractivity contribution is 5.86. The molecular weight excluding hydrogens is 256 g/mol. The lowest BCUT2D eigenvalue weighted by Gasteiger charge is -2.23. The maximum absolute atomic E-state index is 11.6. The van der Waals surface area contributed by atoms with E-state index in [1.54, 1.807) is 7.11 Å². The van der Waals surface area contributed by atoms with Gasteiger partial charge in [-0.15, -0.1) is 0 Å². The number of nitrogens with one attached hydrogen (secondary N) is 2. The number of carbonyl (C=O) groups is 2. The van der Waals surface area contributed by atoms with Crippen LogP contribution < -0.4 is 10.6 Å². The van der Waals surface area contributed by atoms with Gasteiger partial charge in [0.15, 0.2) is 5.54 Å². The molecule has 3 N–H and O–H groups in total. The van der Waals surface area contributed by atoms with Crippen LogP contribution in [0.25, 0.3) is 0 Å². The molecule has 1 heterocycles. The number of amides is 2. The summed E-state index contributed by atoms with van der Waals surface area (Å²) in [5.41, 5.74) is -1.32. The number of carbonyl (C=O) groups excluding carboxylic acids is 1. The van der Waals surface area contributed by atoms with Crippen molar-refractivity contribution in [1.82, 2.24) is 10.6 Å². The van der Waals surface area contributed by atoms with Crippen molar-refractivity contribution >= 4 is 12.0 Å². The van der Waals surface area contributed by atoms with Gasteiger partial charge in [0, 0.05) is 26.7 Å². The quantitative estimate of drug-likeness (QED) is 0.501. The lowest BCUT2D eigenvalue weighted by Crippen LogP contribution is -2.58. The number of ether oxygens (including phenoxy) is 3. The molecule has 8 heteroatoms. The van der Waals surface area contributed by atoms with Crippen molar-refractivity contribution in [1.29, 1.82) is 0 Å². The Kier molecular flexibility index (Phi) is 6.54. The first-order valence-corrected chi connectivity index (χ1v) is 6.04. The number of methoxy groups -OCH3 is 1. The number of hydrogen-bond acceptors (Lipinski definition) is 5. The van der Waals surface area contributed by atoms with Crippen molar-refractivity contribution in [3.8, 4) is 0 Å². The fourth-order valence-corrected chi connectivity index (χ4v) is 1.63. The minimum Gasteiger partial charge on any atom is -0.479 e. The van der Waals surface area contributed by atoms with Gasteiger partial charge in [-0.1, -0.05) is 0 Å². The van der Waals surface area contributed by atoms with E-state index in [0.717, 1.165) is 0 Å². The molecule has 1 rings (SSSR count). The molecule has 0 radical (unpaired) electrons. The standard InChI is InChI=1S/C11H20N2O6/c1-17-6-7-18-5-3-12-10(16)13-11(9(14)15)2-4-19-8-11/h2-8H2,1H3,(H,14,15)(H2,12,13,16). The van der Waals surface area contributed by atoms with E-state index in [9.17, 15) is 9.59 Å². The maximum Gasteiger partial charge on any atom is 0.332 e. The number of carboxylic acid groups (broad SMARTS) is 1. The minimum absolute atomic E-state index is 0.0138. The summed E-state index contributed by atoms with van der Waals surface area (Å²) in [4.78, 5) is 22.7. The maximum atomic E-state index is 11.6. The summed E-state index contributed by atoms with van der Waals surface area (Å²) in [6, 6.07) is -0.539. The fourth-order valence-electron chi connectivity index (χ4n) is 1.63. The minimum atomic E-state index is -1.32. The monoisotopic (exact) mass is 276 g/mol. The zero-order chi connectivity index (χ0) is 14.1. The number of aliphatic carboxylic acids is 1. The molecule has 1 atom stereocenters. The first kappa shape index (κ1) is 15.7. The van der Waals surface area contributed by atoms with Gasteiger partial charge in [-0.05, 0) is 0 Å². The summed E-state index contributed by atoms with van der Waals surface area (Å²) in [5, 5.41) is 14.1. The van der Waals surface area contributed by atoms with Gasteiger partial charge < -0.3 is 30.0 Å². The summed E-state index contributed by atoms with van der Waals surface area (Å²) in [5.74, 6) is -1.09. The van der Waals surface area contributed by atoms with Crippen LogP contribution in [0.5, 0.6) is 0 Å². The van der Waals surface area contributed by atoms with Gasteiger partial charge in [-0.2, -0.15) is 0 Å². The van der Waals surface area contributed by atoms with E-state index in [2.05, 4.69) is 10.6 Å². The second kappa shape index (κ2) is 7.93. The molecule has 2 amide bonds. The fraction of sp³-hybridized carbons (Fsp3) is 0.818. The molecular formula is C11H20N2O6. The van der Waals surface area contributed by atoms with Gasteiger partial charge in [0.05, 0.1) is 26.4 Å². The molecule has 0 aromatic carbocycles. The molecule has 1 unspecified atom stereocenters. The van der Waals surface area contributed by atoms with E-state index < -0.39 is 17.5 Å². The molecule has 1 aliphatic rings. The molecule has 0 saturated carbocycles. The van der Waals surface area contributed by atoms with E-state index in [1.807, 2.05) is 0 Å². The first-order valence-electron chi connectivity index (χ1n) is 6.04. The van der Waals surface area contributed by atoms with E-state index in [-0.39, 0.29) is 13.0 Å². The van der Waals surface area contributed by atoms with Crippen molar-refractivity contribution < 1.29 is 28.9 Å². The average molecular weight is 276 g/mol. The van der Waals surface area contributed by atoms with Crippen molar-refractivity contribution in [2.24, 2.45) is 0 Å². The van der Waals surface area contributed by atoms with Crippen LogP contribution in [0, 0.1) is 0 Å². The highest BCUT2D eigenvalue weighted by Gasteiger charge is 2.43. The predicted molar refractivity (Wildman–Crippen MR) is 65.0 cm³/mol. The lowest BCUT2D eigenvalue weighted by molar-refractivity contribution is -0.144. The third-order valence-electron chi connectivity index (χ3n) is 2.75. The van der Waals surface area contributed by atoms with Gasteiger partial charge in [-0.25, -0.2) is 9.59 Å². The summed E-state index contributed by atoms with van der Waals surface area (Å²) >= 11 is 0. The number of urea groups is 1. The van der Waals surface area contributed by atoms with Crippen LogP contribution in [0.1, 0.15) is 6.42 Å². The summed E-state index contributed by atoms with van der Waals surface area (Å²) in [7, 11) is 1.57. The van der Waals surface area contributed by atoms with Crippen LogP contribution in [0.2, 0.25) is 0 Å². The Morgan fingerprint density at radius 3 is 2.74 bits per heavy atom. The normalized spacial score (nSPS) is 22.2. The van der Waals surface area contributed by atoms with E-state index in [4.69, 9.17) is 19.3 Å². The van der Waals surface area contributed by atoms with Gasteiger partial charge in [-0.3, -0.25) is 0 Å². The molecule has 0 aromatic heterocycles. The smallest absolute Gasteiger partial charge is 0.332 e. The SMILES string of the molecule is COCCOCCNC(=O)NC1(C(=O)O)CCOC1. The molecule has 0 aromatic rings. The topological polar surface area (TPSA) is 106 Å². The highest BCUT2D eigenvalue weighted by atomic mass is 16.5. The Labute approximate surface area is 111 Å². The molecule has 110 valence electrons. The Balaban J connectivity index is 2.21. The summed E-state index contributed by atoms with van der Waals surface area (Å²) in [6.45, 7) is 1.89. The van der Waals surface area contributed by atoms with Gasteiger partial charge in [0.2, 0.25) is 0 Å². The summed E-state index contributed by atoms with van der Waals surface area (Å²) < 4.78 is 15.0. The number of hydrogen-bond donors (Lipinski definition) is 3. The zero-order valence-corrected chi connectivity index (χ0v) is 10.9. The van der Waals surface area contributed by atoms with Crippen molar-refractivity contribution in [3.63, 3.8) is 0 Å². The zero-order valence-electron chi connectivity index (χ0n) is 10.9. The Morgan fingerprint density at radius 2 is 2.16 bits per heavy atom. The third-order valence-corrected chi connectivity index (χ3v) is 2.75. The predicted octanol–water partition coefficient (Wildman–Crippen LogP) is -0.808. The average Bonchev–Trinajstić information content (AvgIpc) is 2.83. The highest BCUT2D eigenvalue weighted by Crippen LogP contribution is 2.18. The molecule has 1 saturated heterocycles. The second-order valence-electron chi connectivity index (χ2n) is 4.18. The van der Waals surface area contributed by atoms with E-state index in [0.29, 0.717) is 33.0 Å². The lowest BCUT2D eigenvalue weighted by atomic mass is 9.99. The Morgan fingerprint density at radius 1 is 1.37 bits per heavy atom. The first-order chi connectivity index (χ1) is 9.10. The van der Waals surface area contributed by atoms with Crippen molar-refractivity contribution in [2.75, 3.05) is 46.7 Å². The molecule has 8 nitrogen and oxygen atoms in total. The second-order valence-corrected chi connectivity index (χ2v) is 4.18. The van der Waals surface area contributed by atoms with Crippen LogP contribution in [-0.4, -0.2) is 69.3 Å². The van der Waals surface area contributed by atoms with Gasteiger partial charge in [0.25, 0.3) is 0 Å². The molecule has 19 heavy (non-hydrogen) atoms. The number of rotatable bonds is 8. The van der Waals surface area contributed by atoms with Crippen molar-refractivity contribution in [2.45, 2.75) is 12.0 Å². The van der Waals surface area contributed by atoms with Gasteiger partial charge in [0.1, 0.15) is 0 Å². The summed E-state index contributed by atoms with van der Waals surface area (Å²) in [6.07, 6.45) is 0.264. The molecule has 0 bridgehead atoms. The van der Waals surface area contributed by atoms with E-state index in [1.165, 1.54) is 0 Å². The Bertz CT molecular complexity index is 304. The largest absolute Gasteiger partial charge is 0.479 e. The van der Waals surface area contributed by atoms with Crippen molar-refractivity contribution in [3.05, 3.63) is 0 Å². The van der Waals surface area contributed by atoms with Crippen LogP contribution >= 0.6 is 0 Å². The van der Waals surface area contributed by atoms with Gasteiger partial charge >= 0.3 is 12.0 Å². The van der Waals surface area contributed by atoms with Crippen LogP contribution in [0.3, 0.4) is 0 Å². The molecule has 0 aliphatic carbocycles. The third kappa shape index (κ3) is 5.01. The number of carboxylic acids is 1. The van der Waals surface area contributed by atoms with Crippen LogP contribution in [-0.2, 0) is 19.0 Å².